The molecule has 0 aliphatic heterocycles. The molecule has 0 heterocycles. The second-order valence-corrected chi connectivity index (χ2v) is 4.44. The van der Waals surface area contributed by atoms with Crippen LogP contribution in [-0.4, -0.2) is 5.78 Å². The Labute approximate surface area is 115 Å². The number of aryl methyl sites for hydroxylation is 1. The predicted molar refractivity (Wildman–Crippen MR) is 70.2 cm³/mol. The molecule has 0 aromatic heterocycles. The lowest BCUT2D eigenvalue weighted by atomic mass is 9.90. The molecule has 2 rings (SSSR count). The van der Waals surface area contributed by atoms with Gasteiger partial charge in [-0.15, -0.1) is 0 Å². The third kappa shape index (κ3) is 2.72. The lowest BCUT2D eigenvalue weighted by molar-refractivity contribution is 0.0978. The third-order valence-corrected chi connectivity index (χ3v) is 3.06. The second-order valence-electron chi connectivity index (χ2n) is 4.44. The molecule has 2 nitrogen and oxygen atoms in total. The van der Waals surface area contributed by atoms with Crippen LogP contribution in [0.4, 0.5) is 8.78 Å². The normalized spacial score (nSPS) is 11.7. The van der Waals surface area contributed by atoms with E-state index < -0.39 is 23.3 Å². The first-order valence-electron chi connectivity index (χ1n) is 5.98. The highest BCUT2D eigenvalue weighted by molar-refractivity contribution is 6.03. The summed E-state index contributed by atoms with van der Waals surface area (Å²) in [6.07, 6.45) is 0. The van der Waals surface area contributed by atoms with E-state index in [1.807, 2.05) is 6.07 Å². The van der Waals surface area contributed by atoms with E-state index in [-0.39, 0.29) is 5.56 Å². The monoisotopic (exact) mass is 271 g/mol. The number of halogens is 2. The first-order chi connectivity index (χ1) is 9.52. The first-order valence-corrected chi connectivity index (χ1v) is 5.98. The summed E-state index contributed by atoms with van der Waals surface area (Å²) >= 11 is 0. The van der Waals surface area contributed by atoms with Crippen LogP contribution in [0.5, 0.6) is 0 Å². The Hall–Kier alpha value is -2.54. The molecule has 0 amide bonds. The molecule has 0 aliphatic rings. The number of carbonyl (C=O) groups is 1. The molecule has 0 radical (unpaired) electrons. The maximum Gasteiger partial charge on any atom is 0.184 e. The Morgan fingerprint density at radius 1 is 1.10 bits per heavy atom. The predicted octanol–water partition coefficient (Wildman–Crippen LogP) is 3.76. The molecule has 2 aromatic rings. The number of ketones is 1. The number of hydrogen-bond acceptors (Lipinski definition) is 2. The smallest absolute Gasteiger partial charge is 0.184 e. The molecule has 20 heavy (non-hydrogen) atoms. The maximum absolute atomic E-state index is 13.2. The van der Waals surface area contributed by atoms with Gasteiger partial charge in [0.25, 0.3) is 0 Å². The van der Waals surface area contributed by atoms with E-state index >= 15 is 0 Å². The summed E-state index contributed by atoms with van der Waals surface area (Å²) in [7, 11) is 0. The van der Waals surface area contributed by atoms with Gasteiger partial charge in [0.15, 0.2) is 5.78 Å². The molecule has 0 saturated heterocycles. The highest BCUT2D eigenvalue weighted by atomic mass is 19.1. The van der Waals surface area contributed by atoms with Crippen molar-refractivity contribution in [1.82, 2.24) is 0 Å². The van der Waals surface area contributed by atoms with Gasteiger partial charge in [-0.05, 0) is 42.3 Å². The van der Waals surface area contributed by atoms with Crippen molar-refractivity contribution in [3.05, 3.63) is 70.8 Å². The average molecular weight is 271 g/mol. The summed E-state index contributed by atoms with van der Waals surface area (Å²) in [6.45, 7) is 1.67. The Bertz CT molecular complexity index is 687. The zero-order chi connectivity index (χ0) is 14.7. The molecule has 1 atom stereocenters. The summed E-state index contributed by atoms with van der Waals surface area (Å²) in [5.41, 5.74) is 1.15. The van der Waals surface area contributed by atoms with Crippen molar-refractivity contribution in [2.24, 2.45) is 0 Å². The largest absolute Gasteiger partial charge is 0.292 e. The van der Waals surface area contributed by atoms with Crippen LogP contribution in [-0.2, 0) is 0 Å². The Morgan fingerprint density at radius 3 is 2.30 bits per heavy atom. The molecule has 0 bridgehead atoms. The minimum atomic E-state index is -1.07. The van der Waals surface area contributed by atoms with Gasteiger partial charge in [-0.3, -0.25) is 4.79 Å². The highest BCUT2D eigenvalue weighted by Crippen LogP contribution is 2.23. The Balaban J connectivity index is 2.42. The summed E-state index contributed by atoms with van der Waals surface area (Å²) in [4.78, 5) is 12.4. The average Bonchev–Trinajstić information content (AvgIpc) is 2.44. The van der Waals surface area contributed by atoms with E-state index in [2.05, 4.69) is 0 Å². The second kappa shape index (κ2) is 5.62. The molecule has 0 N–H and O–H groups in total. The van der Waals surface area contributed by atoms with Gasteiger partial charge in [0.2, 0.25) is 0 Å². The molecule has 4 heteroatoms. The fourth-order valence-corrected chi connectivity index (χ4v) is 1.95. The first kappa shape index (κ1) is 13.9. The molecular formula is C16H11F2NO. The number of benzene rings is 2. The van der Waals surface area contributed by atoms with Gasteiger partial charge in [-0.25, -0.2) is 8.78 Å². The Morgan fingerprint density at radius 2 is 1.70 bits per heavy atom. The van der Waals surface area contributed by atoms with Gasteiger partial charge in [0, 0.05) is 5.56 Å². The minimum Gasteiger partial charge on any atom is -0.292 e. The van der Waals surface area contributed by atoms with E-state index in [1.54, 1.807) is 6.92 Å². The van der Waals surface area contributed by atoms with Crippen molar-refractivity contribution in [2.45, 2.75) is 12.8 Å². The topological polar surface area (TPSA) is 40.9 Å². The van der Waals surface area contributed by atoms with E-state index in [0.29, 0.717) is 11.1 Å². The van der Waals surface area contributed by atoms with Crippen LogP contribution in [0.3, 0.4) is 0 Å². The molecule has 0 aliphatic carbocycles. The van der Waals surface area contributed by atoms with Crippen molar-refractivity contribution in [3.63, 3.8) is 0 Å². The van der Waals surface area contributed by atoms with E-state index in [1.165, 1.54) is 36.4 Å². The summed E-state index contributed by atoms with van der Waals surface area (Å²) in [5, 5.41) is 9.18. The molecule has 0 fully saturated rings. The molecular weight excluding hydrogens is 260 g/mol. The molecule has 0 saturated carbocycles. The summed E-state index contributed by atoms with van der Waals surface area (Å²) in [5.74, 6) is -2.54. The van der Waals surface area contributed by atoms with Gasteiger partial charge in [-0.1, -0.05) is 18.2 Å². The quantitative estimate of drug-likeness (QED) is 0.797. The molecule has 2 aromatic carbocycles. The number of nitrogens with zero attached hydrogens (tertiary/aromatic N) is 1. The number of rotatable bonds is 3. The van der Waals surface area contributed by atoms with Gasteiger partial charge >= 0.3 is 0 Å². The van der Waals surface area contributed by atoms with Gasteiger partial charge in [0.05, 0.1) is 6.07 Å². The van der Waals surface area contributed by atoms with E-state index in [0.717, 1.165) is 6.07 Å². The van der Waals surface area contributed by atoms with Crippen molar-refractivity contribution < 1.29 is 13.6 Å². The highest BCUT2D eigenvalue weighted by Gasteiger charge is 2.23. The number of carbonyl (C=O) groups excluding carboxylic acids is 1. The standard InChI is InChI=1S/C16H11F2NO/c1-10-2-5-13(18)8-14(10)16(20)15(9-19)11-3-6-12(17)7-4-11/h2-8,15H,1H3. The summed E-state index contributed by atoms with van der Waals surface area (Å²) < 4.78 is 26.1. The van der Waals surface area contributed by atoms with Crippen LogP contribution in [0.2, 0.25) is 0 Å². The van der Waals surface area contributed by atoms with Crippen molar-refractivity contribution >= 4 is 5.78 Å². The van der Waals surface area contributed by atoms with Crippen LogP contribution in [0, 0.1) is 29.9 Å². The zero-order valence-corrected chi connectivity index (χ0v) is 10.7. The van der Waals surface area contributed by atoms with E-state index in [4.69, 9.17) is 0 Å². The summed E-state index contributed by atoms with van der Waals surface area (Å²) in [6, 6.07) is 10.9. The number of hydrogen-bond donors (Lipinski definition) is 0. The van der Waals surface area contributed by atoms with Crippen molar-refractivity contribution in [2.75, 3.05) is 0 Å². The van der Waals surface area contributed by atoms with Crippen LogP contribution in [0.1, 0.15) is 27.4 Å². The van der Waals surface area contributed by atoms with Crippen LogP contribution in [0.25, 0.3) is 0 Å². The van der Waals surface area contributed by atoms with Crippen LogP contribution >= 0.6 is 0 Å². The third-order valence-electron chi connectivity index (χ3n) is 3.06. The fourth-order valence-electron chi connectivity index (χ4n) is 1.95. The van der Waals surface area contributed by atoms with Crippen molar-refractivity contribution in [3.8, 4) is 6.07 Å². The lowest BCUT2D eigenvalue weighted by Crippen LogP contribution is -2.13. The maximum atomic E-state index is 13.2. The van der Waals surface area contributed by atoms with Gasteiger partial charge in [-0.2, -0.15) is 5.26 Å². The molecule has 0 spiro atoms. The van der Waals surface area contributed by atoms with Gasteiger partial charge < -0.3 is 0 Å². The lowest BCUT2D eigenvalue weighted by Gasteiger charge is -2.11. The zero-order valence-electron chi connectivity index (χ0n) is 10.7. The number of nitriles is 1. The van der Waals surface area contributed by atoms with Gasteiger partial charge in [0.1, 0.15) is 17.6 Å². The SMILES string of the molecule is Cc1ccc(F)cc1C(=O)C(C#N)c1ccc(F)cc1. The number of Topliss-reactive ketones (excluding diaryl/α,β-unsaturated/α-hetero) is 1. The molecule has 100 valence electrons. The minimum absolute atomic E-state index is 0.167. The van der Waals surface area contributed by atoms with Crippen LogP contribution in [0.15, 0.2) is 42.5 Å². The van der Waals surface area contributed by atoms with Crippen molar-refractivity contribution in [1.29, 1.82) is 5.26 Å². The van der Waals surface area contributed by atoms with E-state index in [9.17, 15) is 18.8 Å². The Kier molecular flexibility index (Phi) is 3.90. The molecule has 1 unspecified atom stereocenters. The van der Waals surface area contributed by atoms with Crippen LogP contribution < -0.4 is 0 Å². The fraction of sp³-hybridized carbons (Fsp3) is 0.125.